The molecule has 0 bridgehead atoms. The summed E-state index contributed by atoms with van der Waals surface area (Å²) in [6.07, 6.45) is -4.78. The maximum Gasteiger partial charge on any atom is 1.00 e. The number of fused-ring (bicyclic) bond motifs is 2. The first-order valence-electron chi connectivity index (χ1n) is 13.9. The summed E-state index contributed by atoms with van der Waals surface area (Å²) < 4.78 is 83.1. The van der Waals surface area contributed by atoms with Crippen LogP contribution in [0.2, 0.25) is 0 Å². The van der Waals surface area contributed by atoms with Crippen LogP contribution in [0.1, 0.15) is 61.2 Å². The van der Waals surface area contributed by atoms with Gasteiger partial charge in [0.1, 0.15) is 11.8 Å². The fourth-order valence-corrected chi connectivity index (χ4v) is 5.05. The molecule has 3 aliphatic rings. The van der Waals surface area contributed by atoms with Crippen molar-refractivity contribution < 1.29 is 115 Å². The number of alkyl halides is 5. The Labute approximate surface area is 322 Å². The normalized spacial score (nSPS) is 17.4. The van der Waals surface area contributed by atoms with Gasteiger partial charge in [-0.3, -0.25) is 4.79 Å². The molecule has 1 N–H and O–H groups in total. The first kappa shape index (κ1) is 38.1. The minimum Gasteiger partial charge on any atom is -0.481 e. The zero-order valence-corrected chi connectivity index (χ0v) is 32.1. The summed E-state index contributed by atoms with van der Waals surface area (Å²) in [5, 5.41) is 12.4. The summed E-state index contributed by atoms with van der Waals surface area (Å²) in [5.41, 5.74) is 0.105. The van der Waals surface area contributed by atoms with Crippen LogP contribution in [0.15, 0.2) is 36.5 Å². The van der Waals surface area contributed by atoms with E-state index in [9.17, 15) is 26.7 Å². The standard InChI is InChI=1S/C23H16F5N3O3.C7H13NO2.CH3.Cs/c1-13(14-7-8-18-19(11-14)34-23(27,28)33-18)32-20-12-15(9-10-29-20)31-17-6-4-2-3-5-16(17)21(30-31)22(24,25)26;1-8-4-2-6(3-5-8)7(9)10;;/h7-13H,2-3,5H2,1H3;6H,2-5H2,1H3,(H,9,10);1H3;/q;;-1;+1/t13-;;;/m0.../s1. The predicted molar refractivity (Wildman–Crippen MR) is 152 cm³/mol. The molecule has 9 nitrogen and oxygen atoms in total. The van der Waals surface area contributed by atoms with E-state index < -0.39 is 30.2 Å². The second-order valence-electron chi connectivity index (χ2n) is 10.6. The SMILES string of the molecule is CN1CCC(C(=O)O)CC1.C[C@H](Oc1cc(-n2nc(C(F)(F)F)c3c2C#CCCC3)ccn1)c1ccc2c(c1)OC(F)(F)O2.[CH3-].[Cs+]. The van der Waals surface area contributed by atoms with E-state index in [1.165, 1.54) is 36.5 Å². The van der Waals surface area contributed by atoms with Crippen molar-refractivity contribution in [2.75, 3.05) is 20.1 Å². The van der Waals surface area contributed by atoms with Crippen LogP contribution in [0.25, 0.3) is 5.69 Å². The van der Waals surface area contributed by atoms with Crippen LogP contribution in [-0.2, 0) is 17.4 Å². The number of hydrogen-bond acceptors (Lipinski definition) is 7. The fourth-order valence-electron chi connectivity index (χ4n) is 5.05. The van der Waals surface area contributed by atoms with Gasteiger partial charge in [-0.2, -0.15) is 18.3 Å². The fraction of sp³-hybridized carbons (Fsp3) is 0.419. The Morgan fingerprint density at radius 1 is 1.15 bits per heavy atom. The van der Waals surface area contributed by atoms with E-state index in [0.717, 1.165) is 30.6 Å². The maximum absolute atomic E-state index is 13.6. The summed E-state index contributed by atoms with van der Waals surface area (Å²) >= 11 is 0. The number of halogens is 5. The van der Waals surface area contributed by atoms with Gasteiger partial charge in [0, 0.05) is 24.2 Å². The number of carboxylic acid groups (broad SMARTS) is 1. The first-order valence-corrected chi connectivity index (χ1v) is 13.9. The zero-order chi connectivity index (χ0) is 31.6. The van der Waals surface area contributed by atoms with Crippen LogP contribution in [-0.4, -0.2) is 57.2 Å². The van der Waals surface area contributed by atoms with Gasteiger partial charge in [0.05, 0.1) is 11.6 Å². The third kappa shape index (κ3) is 9.18. The monoisotopic (exact) mass is 768 g/mol. The Morgan fingerprint density at radius 3 is 2.52 bits per heavy atom. The number of benzene rings is 1. The summed E-state index contributed by atoms with van der Waals surface area (Å²) in [6, 6.07) is 7.18. The largest absolute Gasteiger partial charge is 1.00 e. The second-order valence-corrected chi connectivity index (χ2v) is 10.6. The number of pyridine rings is 1. The van der Waals surface area contributed by atoms with Crippen molar-refractivity contribution in [2.45, 2.75) is 57.6 Å². The Balaban J connectivity index is 0.000000413. The van der Waals surface area contributed by atoms with Crippen molar-refractivity contribution in [3.8, 4) is 34.9 Å². The Bertz CT molecular complexity index is 1600. The predicted octanol–water partition coefficient (Wildman–Crippen LogP) is 3.30. The van der Waals surface area contributed by atoms with Gasteiger partial charge in [-0.05, 0) is 82.4 Å². The van der Waals surface area contributed by atoms with E-state index in [-0.39, 0.29) is 117 Å². The van der Waals surface area contributed by atoms with Gasteiger partial charge in [-0.25, -0.2) is 9.67 Å². The third-order valence-electron chi connectivity index (χ3n) is 7.41. The number of carbonyl (C=O) groups is 1. The second kappa shape index (κ2) is 15.7. The van der Waals surface area contributed by atoms with E-state index >= 15 is 0 Å². The number of aliphatic carboxylic acids is 1. The summed E-state index contributed by atoms with van der Waals surface area (Å²) in [7, 11) is 2.03. The topological polar surface area (TPSA) is 98.9 Å². The maximum atomic E-state index is 13.6. The average Bonchev–Trinajstić information content (AvgIpc) is 3.38. The minimum absolute atomic E-state index is 0. The molecule has 0 saturated carbocycles. The molecule has 15 heteroatoms. The van der Waals surface area contributed by atoms with Crippen molar-refractivity contribution in [3.63, 3.8) is 0 Å². The molecule has 1 aliphatic carbocycles. The smallest absolute Gasteiger partial charge is 0.481 e. The average molecular weight is 769 g/mol. The number of likely N-dealkylation sites (tertiary alicyclic amines) is 1. The quantitative estimate of drug-likeness (QED) is 0.240. The molecule has 2 aliphatic heterocycles. The van der Waals surface area contributed by atoms with E-state index in [1.807, 2.05) is 7.05 Å². The summed E-state index contributed by atoms with van der Waals surface area (Å²) in [5.74, 6) is 4.84. The minimum atomic E-state index is -4.61. The number of ether oxygens (including phenoxy) is 3. The van der Waals surface area contributed by atoms with E-state index in [1.54, 1.807) is 6.92 Å². The molecule has 2 aromatic heterocycles. The van der Waals surface area contributed by atoms with Gasteiger partial charge < -0.3 is 31.6 Å². The van der Waals surface area contributed by atoms with E-state index in [4.69, 9.17) is 9.84 Å². The van der Waals surface area contributed by atoms with Crippen LogP contribution in [0.3, 0.4) is 0 Å². The molecule has 1 atom stereocenters. The van der Waals surface area contributed by atoms with Crippen LogP contribution in [0.4, 0.5) is 22.0 Å². The molecule has 0 amide bonds. The molecule has 6 rings (SSSR count). The van der Waals surface area contributed by atoms with Gasteiger partial charge in [0.2, 0.25) is 5.88 Å². The Hall–Kier alpha value is -2.33. The van der Waals surface area contributed by atoms with Crippen molar-refractivity contribution in [2.24, 2.45) is 5.92 Å². The number of aromatic nitrogens is 3. The molecule has 1 saturated heterocycles. The van der Waals surface area contributed by atoms with Gasteiger partial charge >= 0.3 is 87.3 Å². The molecular weight excluding hydrogens is 736 g/mol. The molecule has 1 aromatic carbocycles. The van der Waals surface area contributed by atoms with Gasteiger partial charge in [0.15, 0.2) is 17.2 Å². The summed E-state index contributed by atoms with van der Waals surface area (Å²) in [4.78, 5) is 16.7. The van der Waals surface area contributed by atoms with Crippen LogP contribution in [0.5, 0.6) is 17.4 Å². The Morgan fingerprint density at radius 2 is 1.85 bits per heavy atom. The number of hydrogen-bond donors (Lipinski definition) is 1. The molecule has 46 heavy (non-hydrogen) atoms. The number of piperidine rings is 1. The summed E-state index contributed by atoms with van der Waals surface area (Å²) in [6.45, 7) is 3.52. The first-order chi connectivity index (χ1) is 20.8. The van der Waals surface area contributed by atoms with Gasteiger partial charge in [-0.15, -0.1) is 8.78 Å². The van der Waals surface area contributed by atoms with Crippen LogP contribution < -0.4 is 83.1 Å². The third-order valence-corrected chi connectivity index (χ3v) is 7.41. The molecule has 4 heterocycles. The molecule has 0 radical (unpaired) electrons. The molecular formula is C31H32CsF5N4O5. The van der Waals surface area contributed by atoms with Crippen LogP contribution in [0, 0.1) is 25.2 Å². The van der Waals surface area contributed by atoms with Gasteiger partial charge in [0.25, 0.3) is 0 Å². The van der Waals surface area contributed by atoms with Crippen LogP contribution >= 0.6 is 0 Å². The Kier molecular flexibility index (Phi) is 13.0. The molecule has 242 valence electrons. The van der Waals surface area contributed by atoms with Crippen molar-refractivity contribution >= 4 is 5.97 Å². The number of rotatable bonds is 5. The van der Waals surface area contributed by atoms with Crippen molar-refractivity contribution in [1.82, 2.24) is 19.7 Å². The number of nitrogens with zero attached hydrogens (tertiary/aromatic N) is 4. The zero-order valence-electron chi connectivity index (χ0n) is 25.8. The van der Waals surface area contributed by atoms with Gasteiger partial charge in [-0.1, -0.05) is 12.0 Å². The van der Waals surface area contributed by atoms with Crippen molar-refractivity contribution in [3.05, 3.63) is 66.5 Å². The van der Waals surface area contributed by atoms with Crippen molar-refractivity contribution in [1.29, 1.82) is 0 Å². The molecule has 1 fully saturated rings. The van der Waals surface area contributed by atoms with E-state index in [2.05, 4.69) is 36.3 Å². The number of carboxylic acids is 1. The molecule has 0 unspecified atom stereocenters. The molecule has 3 aromatic rings. The van der Waals surface area contributed by atoms with E-state index in [0.29, 0.717) is 24.1 Å². The molecule has 0 spiro atoms.